The maximum Gasteiger partial charge on any atom is 0.251 e. The van der Waals surface area contributed by atoms with Gasteiger partial charge in [0.15, 0.2) is 0 Å². The minimum absolute atomic E-state index is 0.0630. The predicted octanol–water partition coefficient (Wildman–Crippen LogP) is 3.31. The summed E-state index contributed by atoms with van der Waals surface area (Å²) >= 11 is 0. The van der Waals surface area contributed by atoms with Gasteiger partial charge in [-0.15, -0.1) is 0 Å². The number of nitrogens with one attached hydrogen (secondary N) is 2. The minimum Gasteiger partial charge on any atom is -0.351 e. The van der Waals surface area contributed by atoms with Gasteiger partial charge in [-0.3, -0.25) is 19.2 Å². The van der Waals surface area contributed by atoms with E-state index in [0.717, 1.165) is 6.42 Å². The lowest BCUT2D eigenvalue weighted by Gasteiger charge is -2.39. The lowest BCUT2D eigenvalue weighted by atomic mass is 9.69. The zero-order chi connectivity index (χ0) is 26.4. The number of anilines is 1. The summed E-state index contributed by atoms with van der Waals surface area (Å²) in [4.78, 5) is 52.2. The molecule has 36 heavy (non-hydrogen) atoms. The number of amides is 4. The second kappa shape index (κ2) is 12.2. The van der Waals surface area contributed by atoms with Gasteiger partial charge < -0.3 is 20.4 Å². The van der Waals surface area contributed by atoms with E-state index in [1.807, 2.05) is 4.90 Å². The molecule has 196 valence electrons. The molecular formula is C28H40N4O4. The molecule has 3 rings (SSSR count). The fourth-order valence-corrected chi connectivity index (χ4v) is 5.34. The van der Waals surface area contributed by atoms with Crippen molar-refractivity contribution >= 4 is 29.3 Å². The number of hydrogen-bond acceptors (Lipinski definition) is 4. The molecule has 1 heterocycles. The Morgan fingerprint density at radius 3 is 2.14 bits per heavy atom. The Morgan fingerprint density at radius 2 is 1.58 bits per heavy atom. The summed E-state index contributed by atoms with van der Waals surface area (Å²) < 4.78 is 0. The zero-order valence-corrected chi connectivity index (χ0v) is 22.2. The van der Waals surface area contributed by atoms with Crippen LogP contribution in [0.25, 0.3) is 0 Å². The molecule has 1 saturated heterocycles. The van der Waals surface area contributed by atoms with Crippen molar-refractivity contribution in [2.75, 3.05) is 38.0 Å². The first kappa shape index (κ1) is 27.4. The molecule has 4 amide bonds. The van der Waals surface area contributed by atoms with Gasteiger partial charge in [-0.05, 0) is 61.3 Å². The summed E-state index contributed by atoms with van der Waals surface area (Å²) in [5, 5.41) is 5.78. The Labute approximate surface area is 214 Å². The van der Waals surface area contributed by atoms with Crippen LogP contribution in [0.3, 0.4) is 0 Å². The molecule has 8 heteroatoms. The highest BCUT2D eigenvalue weighted by molar-refractivity contribution is 5.95. The number of hydrogen-bond donors (Lipinski definition) is 2. The van der Waals surface area contributed by atoms with Crippen molar-refractivity contribution in [3.8, 4) is 0 Å². The van der Waals surface area contributed by atoms with E-state index >= 15 is 0 Å². The van der Waals surface area contributed by atoms with Crippen LogP contribution in [-0.2, 0) is 14.4 Å². The molecular weight excluding hydrogens is 456 g/mol. The first-order chi connectivity index (χ1) is 17.0. The molecule has 0 aromatic heterocycles. The molecule has 0 unspecified atom stereocenters. The van der Waals surface area contributed by atoms with Crippen molar-refractivity contribution in [2.45, 2.75) is 47.5 Å². The highest BCUT2D eigenvalue weighted by Gasteiger charge is 2.34. The molecule has 1 aromatic rings. The molecule has 0 spiro atoms. The van der Waals surface area contributed by atoms with Gasteiger partial charge in [-0.2, -0.15) is 0 Å². The zero-order valence-electron chi connectivity index (χ0n) is 22.2. The Kier molecular flexibility index (Phi) is 9.29. The number of carbonyl (C=O) groups is 4. The maximum absolute atomic E-state index is 13.0. The average Bonchev–Trinajstić information content (AvgIpc) is 2.83. The largest absolute Gasteiger partial charge is 0.351 e. The lowest BCUT2D eigenvalue weighted by molar-refractivity contribution is -0.139. The van der Waals surface area contributed by atoms with Gasteiger partial charge in [0.1, 0.15) is 0 Å². The molecule has 2 aliphatic rings. The predicted molar refractivity (Wildman–Crippen MR) is 140 cm³/mol. The molecule has 0 bridgehead atoms. The third-order valence-corrected chi connectivity index (χ3v) is 7.55. The normalized spacial score (nSPS) is 22.2. The first-order valence-electron chi connectivity index (χ1n) is 12.9. The van der Waals surface area contributed by atoms with Gasteiger partial charge in [-0.25, -0.2) is 0 Å². The van der Waals surface area contributed by atoms with Crippen LogP contribution in [-0.4, -0.2) is 66.2 Å². The third kappa shape index (κ3) is 7.18. The topological polar surface area (TPSA) is 98.8 Å². The second-order valence-electron chi connectivity index (χ2n) is 10.5. The summed E-state index contributed by atoms with van der Waals surface area (Å²) in [6, 6.07) is 6.86. The minimum atomic E-state index is -0.151. The van der Waals surface area contributed by atoms with Crippen molar-refractivity contribution < 1.29 is 19.2 Å². The number of rotatable bonds is 7. The summed E-state index contributed by atoms with van der Waals surface area (Å²) in [6.45, 7) is 12.5. The van der Waals surface area contributed by atoms with Crippen molar-refractivity contribution in [2.24, 2.45) is 23.7 Å². The highest BCUT2D eigenvalue weighted by atomic mass is 16.2. The van der Waals surface area contributed by atoms with Crippen molar-refractivity contribution in [3.63, 3.8) is 0 Å². The summed E-state index contributed by atoms with van der Waals surface area (Å²) in [5.41, 5.74) is 2.42. The van der Waals surface area contributed by atoms with E-state index in [4.69, 9.17) is 0 Å². The van der Waals surface area contributed by atoms with Crippen LogP contribution in [0.1, 0.15) is 57.8 Å². The number of nitrogens with zero attached hydrogens (tertiary/aromatic N) is 2. The highest BCUT2D eigenvalue weighted by Crippen LogP contribution is 2.39. The van der Waals surface area contributed by atoms with Crippen molar-refractivity contribution in [1.29, 1.82) is 0 Å². The molecule has 1 fully saturated rings. The van der Waals surface area contributed by atoms with Gasteiger partial charge in [0.2, 0.25) is 17.7 Å². The summed E-state index contributed by atoms with van der Waals surface area (Å²) in [5.74, 6) is 1.12. The summed E-state index contributed by atoms with van der Waals surface area (Å²) in [6.07, 6.45) is 3.66. The number of carbonyl (C=O) groups excluding carboxylic acids is 4. The SMILES string of the molecule is CC(=O)Nc1ccc(C(=O)NC[C@@H]2C=C(C)[C@H](CC(=O)N3CCN(C(C)=O)CC3)C[C@H]2C(C)C)cc1. The fraction of sp³-hybridized carbons (Fsp3) is 0.571. The van der Waals surface area contributed by atoms with Gasteiger partial charge in [0.25, 0.3) is 5.91 Å². The van der Waals surface area contributed by atoms with E-state index in [-0.39, 0.29) is 35.5 Å². The Balaban J connectivity index is 1.58. The molecule has 1 aliphatic carbocycles. The molecule has 2 N–H and O–H groups in total. The molecule has 1 aromatic carbocycles. The Morgan fingerprint density at radius 1 is 0.972 bits per heavy atom. The quantitative estimate of drug-likeness (QED) is 0.566. The van der Waals surface area contributed by atoms with E-state index in [1.54, 1.807) is 36.1 Å². The van der Waals surface area contributed by atoms with E-state index in [0.29, 0.717) is 62.2 Å². The standard InChI is InChI=1S/C28H40N4O4/c1-18(2)26-15-23(16-27(35)32-12-10-31(11-13-32)21(5)34)19(3)14-24(26)17-29-28(36)22-6-8-25(9-7-22)30-20(4)33/h6-9,14,18,23-24,26H,10-13,15-17H2,1-5H3,(H,29,36)(H,30,33)/t23-,24-,26-/m0/s1. The van der Waals surface area contributed by atoms with Crippen LogP contribution in [0.5, 0.6) is 0 Å². The average molecular weight is 497 g/mol. The van der Waals surface area contributed by atoms with Gasteiger partial charge in [0, 0.05) is 64.2 Å². The van der Waals surface area contributed by atoms with Crippen LogP contribution >= 0.6 is 0 Å². The first-order valence-corrected chi connectivity index (χ1v) is 12.9. The smallest absolute Gasteiger partial charge is 0.251 e. The van der Waals surface area contributed by atoms with Crippen molar-refractivity contribution in [3.05, 3.63) is 41.5 Å². The lowest BCUT2D eigenvalue weighted by Crippen LogP contribution is -2.50. The van der Waals surface area contributed by atoms with Gasteiger partial charge >= 0.3 is 0 Å². The molecule has 1 aliphatic heterocycles. The van der Waals surface area contributed by atoms with Crippen LogP contribution in [0.2, 0.25) is 0 Å². The number of piperazine rings is 1. The Hall–Kier alpha value is -3.16. The number of benzene rings is 1. The second-order valence-corrected chi connectivity index (χ2v) is 10.5. The Bertz CT molecular complexity index is 993. The maximum atomic E-state index is 13.0. The van der Waals surface area contributed by atoms with Crippen LogP contribution < -0.4 is 10.6 Å². The number of allylic oxidation sites excluding steroid dienone is 1. The third-order valence-electron chi connectivity index (χ3n) is 7.55. The van der Waals surface area contributed by atoms with E-state index in [2.05, 4.69) is 37.5 Å². The van der Waals surface area contributed by atoms with E-state index in [1.165, 1.54) is 12.5 Å². The molecule has 3 atom stereocenters. The fourth-order valence-electron chi connectivity index (χ4n) is 5.34. The molecule has 8 nitrogen and oxygen atoms in total. The monoisotopic (exact) mass is 496 g/mol. The van der Waals surface area contributed by atoms with Gasteiger partial charge in [-0.1, -0.05) is 25.5 Å². The van der Waals surface area contributed by atoms with Crippen LogP contribution in [0.4, 0.5) is 5.69 Å². The van der Waals surface area contributed by atoms with Crippen LogP contribution in [0, 0.1) is 23.7 Å². The van der Waals surface area contributed by atoms with Crippen molar-refractivity contribution in [1.82, 2.24) is 15.1 Å². The van der Waals surface area contributed by atoms with E-state index < -0.39 is 0 Å². The van der Waals surface area contributed by atoms with Crippen LogP contribution in [0.15, 0.2) is 35.9 Å². The molecule has 0 saturated carbocycles. The molecule has 0 radical (unpaired) electrons. The van der Waals surface area contributed by atoms with E-state index in [9.17, 15) is 19.2 Å². The van der Waals surface area contributed by atoms with Gasteiger partial charge in [0.05, 0.1) is 0 Å². The summed E-state index contributed by atoms with van der Waals surface area (Å²) in [7, 11) is 0.